The van der Waals surface area contributed by atoms with Crippen molar-refractivity contribution in [2.75, 3.05) is 16.9 Å². The number of hydrogen-bond acceptors (Lipinski definition) is 5. The molecule has 1 atom stereocenters. The summed E-state index contributed by atoms with van der Waals surface area (Å²) in [5.74, 6) is 1.68. The Morgan fingerprint density at radius 1 is 1.53 bits per heavy atom. The van der Waals surface area contributed by atoms with Gasteiger partial charge in [0.2, 0.25) is 0 Å². The first-order valence-electron chi connectivity index (χ1n) is 5.18. The number of fused-ring (bicyclic) bond motifs is 1. The van der Waals surface area contributed by atoms with Gasteiger partial charge in [-0.3, -0.25) is 0 Å². The van der Waals surface area contributed by atoms with Gasteiger partial charge in [0.25, 0.3) is 0 Å². The van der Waals surface area contributed by atoms with Crippen LogP contribution in [0.25, 0.3) is 11.0 Å². The Labute approximate surface area is 109 Å². The molecule has 7 heteroatoms. The van der Waals surface area contributed by atoms with Crippen LogP contribution < -0.4 is 10.6 Å². The molecular formula is C10H10N4OSSe. The van der Waals surface area contributed by atoms with Crippen LogP contribution in [-0.2, 0) is 4.79 Å². The van der Waals surface area contributed by atoms with Crippen molar-refractivity contribution in [3.63, 3.8) is 0 Å². The molecule has 1 aromatic carbocycles. The van der Waals surface area contributed by atoms with E-state index in [-0.39, 0.29) is 26.9 Å². The van der Waals surface area contributed by atoms with Gasteiger partial charge in [-0.1, -0.05) is 0 Å². The molecule has 88 valence electrons. The minimum atomic E-state index is -0.0975. The van der Waals surface area contributed by atoms with E-state index in [1.807, 2.05) is 18.2 Å². The van der Waals surface area contributed by atoms with Crippen molar-refractivity contribution < 1.29 is 4.79 Å². The van der Waals surface area contributed by atoms with Gasteiger partial charge in [0, 0.05) is 0 Å². The standard InChI is InChI=1S/C10H10N4OSSe/c15-10(8-4-16-5-11-8)12-6-2-1-3-7-9(6)14-17-13-7/h1-3,8,11H,4-5H2,(H,12,15). The first kappa shape index (κ1) is 11.2. The molecule has 1 unspecified atom stereocenters. The molecule has 2 aromatic rings. The Morgan fingerprint density at radius 3 is 3.29 bits per heavy atom. The second kappa shape index (κ2) is 4.78. The number of anilines is 1. The van der Waals surface area contributed by atoms with Gasteiger partial charge in [0.15, 0.2) is 0 Å². The average molecular weight is 313 g/mol. The number of hydrogen-bond donors (Lipinski definition) is 2. The molecule has 1 fully saturated rings. The molecule has 1 aliphatic rings. The van der Waals surface area contributed by atoms with Crippen molar-refractivity contribution in [1.82, 2.24) is 13.3 Å². The fourth-order valence-electron chi connectivity index (χ4n) is 1.69. The Morgan fingerprint density at radius 2 is 2.47 bits per heavy atom. The number of carbonyl (C=O) groups excluding carboxylic acids is 1. The Balaban J connectivity index is 1.84. The number of benzene rings is 1. The molecule has 17 heavy (non-hydrogen) atoms. The Hall–Kier alpha value is -0.881. The zero-order chi connectivity index (χ0) is 11.7. The number of rotatable bonds is 2. The molecule has 0 spiro atoms. The third-order valence-electron chi connectivity index (χ3n) is 2.58. The quantitative estimate of drug-likeness (QED) is 0.780. The van der Waals surface area contributed by atoms with Gasteiger partial charge in [-0.25, -0.2) is 0 Å². The molecule has 1 aromatic heterocycles. The van der Waals surface area contributed by atoms with Gasteiger partial charge in [-0.2, -0.15) is 0 Å². The molecule has 1 saturated heterocycles. The van der Waals surface area contributed by atoms with E-state index in [0.29, 0.717) is 0 Å². The molecule has 1 amide bonds. The third-order valence-corrected chi connectivity index (χ3v) is 4.65. The van der Waals surface area contributed by atoms with E-state index in [4.69, 9.17) is 0 Å². The number of aromatic nitrogens is 2. The van der Waals surface area contributed by atoms with Crippen molar-refractivity contribution in [2.24, 2.45) is 0 Å². The number of amides is 1. The number of thioether (sulfide) groups is 1. The molecule has 0 aliphatic carbocycles. The van der Waals surface area contributed by atoms with E-state index in [0.717, 1.165) is 28.4 Å². The van der Waals surface area contributed by atoms with Gasteiger partial charge in [0.1, 0.15) is 0 Å². The van der Waals surface area contributed by atoms with E-state index in [1.165, 1.54) is 0 Å². The summed E-state index contributed by atoms with van der Waals surface area (Å²) in [6.45, 7) is 0. The first-order valence-corrected chi connectivity index (χ1v) is 7.86. The van der Waals surface area contributed by atoms with Crippen LogP contribution in [0.1, 0.15) is 0 Å². The first-order chi connectivity index (χ1) is 8.34. The minimum absolute atomic E-state index is 0.0120. The number of nitrogens with zero attached hydrogens (tertiary/aromatic N) is 2. The van der Waals surface area contributed by atoms with Gasteiger partial charge in [-0.05, 0) is 0 Å². The Kier molecular flexibility index (Phi) is 3.15. The molecule has 1 aliphatic heterocycles. The van der Waals surface area contributed by atoms with Crippen molar-refractivity contribution in [3.8, 4) is 0 Å². The summed E-state index contributed by atoms with van der Waals surface area (Å²) in [4.78, 5) is 12.0. The van der Waals surface area contributed by atoms with Crippen LogP contribution in [0.2, 0.25) is 0 Å². The van der Waals surface area contributed by atoms with Crippen LogP contribution >= 0.6 is 11.8 Å². The molecule has 3 rings (SSSR count). The van der Waals surface area contributed by atoms with E-state index in [9.17, 15) is 4.79 Å². The molecule has 2 heterocycles. The van der Waals surface area contributed by atoms with E-state index in [1.54, 1.807) is 11.8 Å². The second-order valence-electron chi connectivity index (χ2n) is 3.70. The summed E-state index contributed by atoms with van der Waals surface area (Å²) in [6, 6.07) is 5.59. The zero-order valence-electron chi connectivity index (χ0n) is 8.84. The SMILES string of the molecule is O=C(Nc1cccc2n[se]nc12)C1CSCN1. The average Bonchev–Trinajstić information content (AvgIpc) is 3.00. The van der Waals surface area contributed by atoms with Crippen molar-refractivity contribution in [1.29, 1.82) is 0 Å². The topological polar surface area (TPSA) is 66.9 Å². The predicted octanol–water partition coefficient (Wildman–Crippen LogP) is 0.288. The number of nitrogens with one attached hydrogen (secondary N) is 2. The maximum atomic E-state index is 12.0. The Bertz CT molecular complexity index is 552. The summed E-state index contributed by atoms with van der Waals surface area (Å²) in [7, 11) is 0. The van der Waals surface area contributed by atoms with Gasteiger partial charge in [-0.15, -0.1) is 0 Å². The van der Waals surface area contributed by atoms with Crippen LogP contribution in [0.4, 0.5) is 5.69 Å². The van der Waals surface area contributed by atoms with Crippen LogP contribution in [0, 0.1) is 0 Å². The summed E-state index contributed by atoms with van der Waals surface area (Å²) >= 11 is 1.67. The fraction of sp³-hybridized carbons (Fsp3) is 0.300. The van der Waals surface area contributed by atoms with Gasteiger partial charge < -0.3 is 0 Å². The molecule has 0 saturated carbocycles. The summed E-state index contributed by atoms with van der Waals surface area (Å²) in [5, 5.41) is 6.07. The van der Waals surface area contributed by atoms with Crippen molar-refractivity contribution in [3.05, 3.63) is 18.2 Å². The third kappa shape index (κ3) is 2.24. The van der Waals surface area contributed by atoms with E-state index < -0.39 is 0 Å². The van der Waals surface area contributed by atoms with Crippen molar-refractivity contribution in [2.45, 2.75) is 6.04 Å². The van der Waals surface area contributed by atoms with Crippen LogP contribution in [0.15, 0.2) is 18.2 Å². The monoisotopic (exact) mass is 314 g/mol. The zero-order valence-corrected chi connectivity index (χ0v) is 11.4. The van der Waals surface area contributed by atoms with Crippen LogP contribution in [-0.4, -0.2) is 46.5 Å². The van der Waals surface area contributed by atoms with Crippen LogP contribution in [0.5, 0.6) is 0 Å². The van der Waals surface area contributed by atoms with Crippen LogP contribution in [0.3, 0.4) is 0 Å². The normalized spacial score (nSPS) is 19.6. The number of carbonyl (C=O) groups is 1. The summed E-state index contributed by atoms with van der Waals surface area (Å²) in [6.07, 6.45) is 0. The second-order valence-corrected chi connectivity index (χ2v) is 5.84. The molecule has 0 radical (unpaired) electrons. The molecule has 2 N–H and O–H groups in total. The fourth-order valence-corrected chi connectivity index (χ4v) is 3.79. The summed E-state index contributed by atoms with van der Waals surface area (Å²) in [5.41, 5.74) is 2.48. The maximum absolute atomic E-state index is 12.0. The van der Waals surface area contributed by atoms with E-state index >= 15 is 0 Å². The molecular weight excluding hydrogens is 303 g/mol. The van der Waals surface area contributed by atoms with Crippen molar-refractivity contribution >= 4 is 49.4 Å². The van der Waals surface area contributed by atoms with Gasteiger partial charge >= 0.3 is 109 Å². The molecule has 5 nitrogen and oxygen atoms in total. The molecule has 0 bridgehead atoms. The van der Waals surface area contributed by atoms with E-state index in [2.05, 4.69) is 18.6 Å². The summed E-state index contributed by atoms with van der Waals surface area (Å²) < 4.78 is 8.62. The van der Waals surface area contributed by atoms with Gasteiger partial charge in [0.05, 0.1) is 0 Å². The predicted molar refractivity (Wildman–Crippen MR) is 69.4 cm³/mol.